The van der Waals surface area contributed by atoms with Gasteiger partial charge in [0.05, 0.1) is 6.04 Å². The largest absolute Gasteiger partial charge is 0.343 e. The molecule has 1 fully saturated rings. The maximum Gasteiger partial charge on any atom is 0.248 e. The minimum absolute atomic E-state index is 0.0721. The van der Waals surface area contributed by atoms with E-state index in [0.29, 0.717) is 28.6 Å². The van der Waals surface area contributed by atoms with Crippen molar-refractivity contribution in [2.75, 3.05) is 6.54 Å². The van der Waals surface area contributed by atoms with E-state index in [9.17, 15) is 9.59 Å². The highest BCUT2D eigenvalue weighted by molar-refractivity contribution is 6.35. The van der Waals surface area contributed by atoms with Crippen LogP contribution in [0.4, 0.5) is 0 Å². The van der Waals surface area contributed by atoms with Crippen LogP contribution in [0.2, 0.25) is 10.0 Å². The number of halogens is 2. The number of amides is 2. The van der Waals surface area contributed by atoms with Crippen LogP contribution in [-0.4, -0.2) is 23.3 Å². The lowest BCUT2D eigenvalue weighted by Crippen LogP contribution is -2.51. The SMILES string of the molecule is O=C(NC(c1ccccc1)c1ccccc1)[C@H](c1ccc(Cl)cc1Cl)N1CCC1=O. The highest BCUT2D eigenvalue weighted by atomic mass is 35.5. The van der Waals surface area contributed by atoms with E-state index < -0.39 is 6.04 Å². The molecule has 1 atom stereocenters. The Morgan fingerprint density at radius 2 is 1.50 bits per heavy atom. The van der Waals surface area contributed by atoms with Crippen LogP contribution < -0.4 is 5.32 Å². The van der Waals surface area contributed by atoms with Crippen molar-refractivity contribution in [3.63, 3.8) is 0 Å². The molecule has 0 aromatic heterocycles. The lowest BCUT2D eigenvalue weighted by atomic mass is 9.96. The quantitative estimate of drug-likeness (QED) is 0.539. The van der Waals surface area contributed by atoms with Gasteiger partial charge in [0.1, 0.15) is 6.04 Å². The summed E-state index contributed by atoms with van der Waals surface area (Å²) in [5.74, 6) is -0.359. The van der Waals surface area contributed by atoms with Crippen molar-refractivity contribution >= 4 is 35.0 Å². The molecule has 2 amide bonds. The lowest BCUT2D eigenvalue weighted by Gasteiger charge is -2.38. The van der Waals surface area contributed by atoms with Crippen LogP contribution in [0.1, 0.15) is 35.2 Å². The monoisotopic (exact) mass is 438 g/mol. The molecule has 1 aliphatic heterocycles. The normalized spacial score (nSPS) is 14.4. The third-order valence-electron chi connectivity index (χ3n) is 5.26. The second-order valence-corrected chi connectivity index (χ2v) is 8.01. The van der Waals surface area contributed by atoms with Crippen LogP contribution in [-0.2, 0) is 9.59 Å². The van der Waals surface area contributed by atoms with Crippen molar-refractivity contribution in [3.05, 3.63) is 106 Å². The molecule has 152 valence electrons. The molecular weight excluding hydrogens is 419 g/mol. The first-order chi connectivity index (χ1) is 14.5. The van der Waals surface area contributed by atoms with Gasteiger partial charge in [0.2, 0.25) is 11.8 Å². The summed E-state index contributed by atoms with van der Waals surface area (Å²) in [7, 11) is 0. The van der Waals surface area contributed by atoms with Crippen LogP contribution >= 0.6 is 23.2 Å². The summed E-state index contributed by atoms with van der Waals surface area (Å²) in [6.07, 6.45) is 0.426. The Labute approximate surface area is 185 Å². The molecule has 1 heterocycles. The molecule has 0 unspecified atom stereocenters. The fourth-order valence-electron chi connectivity index (χ4n) is 3.65. The highest BCUT2D eigenvalue weighted by Gasteiger charge is 2.38. The van der Waals surface area contributed by atoms with E-state index in [1.165, 1.54) is 0 Å². The smallest absolute Gasteiger partial charge is 0.248 e. The predicted octanol–water partition coefficient (Wildman–Crippen LogP) is 5.17. The maximum absolute atomic E-state index is 13.5. The van der Waals surface area contributed by atoms with Crippen molar-refractivity contribution in [1.82, 2.24) is 10.2 Å². The summed E-state index contributed by atoms with van der Waals surface area (Å²) in [6, 6.07) is 23.3. The van der Waals surface area contributed by atoms with Gasteiger partial charge in [-0.2, -0.15) is 0 Å². The van der Waals surface area contributed by atoms with Gasteiger partial charge in [0.25, 0.3) is 0 Å². The minimum Gasteiger partial charge on any atom is -0.343 e. The zero-order valence-electron chi connectivity index (χ0n) is 16.1. The van der Waals surface area contributed by atoms with Gasteiger partial charge in [-0.25, -0.2) is 0 Å². The molecule has 4 rings (SSSR count). The molecule has 1 saturated heterocycles. The van der Waals surface area contributed by atoms with Crippen molar-refractivity contribution in [2.45, 2.75) is 18.5 Å². The van der Waals surface area contributed by atoms with Crippen LogP contribution in [0.15, 0.2) is 78.9 Å². The lowest BCUT2D eigenvalue weighted by molar-refractivity contribution is -0.149. The zero-order chi connectivity index (χ0) is 21.1. The highest BCUT2D eigenvalue weighted by Crippen LogP contribution is 2.34. The van der Waals surface area contributed by atoms with Gasteiger partial charge in [0, 0.05) is 28.6 Å². The number of benzene rings is 3. The number of hydrogen-bond acceptors (Lipinski definition) is 2. The fraction of sp³-hybridized carbons (Fsp3) is 0.167. The maximum atomic E-state index is 13.5. The Hall–Kier alpha value is -2.82. The number of nitrogens with zero attached hydrogens (tertiary/aromatic N) is 1. The average Bonchev–Trinajstić information content (AvgIpc) is 2.76. The van der Waals surface area contributed by atoms with E-state index in [-0.39, 0.29) is 17.9 Å². The number of carbonyl (C=O) groups is 2. The topological polar surface area (TPSA) is 49.4 Å². The molecule has 3 aromatic carbocycles. The Bertz CT molecular complexity index is 1020. The number of β-lactam (4-membered cyclic amide) rings is 1. The van der Waals surface area contributed by atoms with Gasteiger partial charge >= 0.3 is 0 Å². The summed E-state index contributed by atoms with van der Waals surface area (Å²) in [5.41, 5.74) is 2.47. The Morgan fingerprint density at radius 3 is 1.97 bits per heavy atom. The van der Waals surface area contributed by atoms with Crippen molar-refractivity contribution in [3.8, 4) is 0 Å². The van der Waals surface area contributed by atoms with Crippen molar-refractivity contribution in [1.29, 1.82) is 0 Å². The Morgan fingerprint density at radius 1 is 0.900 bits per heavy atom. The summed E-state index contributed by atoms with van der Waals surface area (Å²) in [6.45, 7) is 0.511. The van der Waals surface area contributed by atoms with Crippen molar-refractivity contribution < 1.29 is 9.59 Å². The Balaban J connectivity index is 1.70. The van der Waals surface area contributed by atoms with E-state index in [1.807, 2.05) is 60.7 Å². The number of hydrogen-bond donors (Lipinski definition) is 1. The van der Waals surface area contributed by atoms with Crippen LogP contribution in [0.5, 0.6) is 0 Å². The second kappa shape index (κ2) is 8.90. The summed E-state index contributed by atoms with van der Waals surface area (Å²) in [5, 5.41) is 3.97. The fourth-order valence-corrected chi connectivity index (χ4v) is 4.16. The van der Waals surface area contributed by atoms with Crippen LogP contribution in [0, 0.1) is 0 Å². The Kier molecular flexibility index (Phi) is 6.07. The van der Waals surface area contributed by atoms with E-state index >= 15 is 0 Å². The molecular formula is C24H20Cl2N2O2. The van der Waals surface area contributed by atoms with Gasteiger partial charge < -0.3 is 10.2 Å². The molecule has 1 aliphatic rings. The molecule has 0 aliphatic carbocycles. The first-order valence-corrected chi connectivity index (χ1v) is 10.4. The molecule has 30 heavy (non-hydrogen) atoms. The number of likely N-dealkylation sites (tertiary alicyclic amines) is 1. The first kappa shape index (κ1) is 20.5. The minimum atomic E-state index is -0.814. The van der Waals surface area contributed by atoms with Gasteiger partial charge in [-0.3, -0.25) is 9.59 Å². The van der Waals surface area contributed by atoms with Crippen molar-refractivity contribution in [2.24, 2.45) is 0 Å². The standard InChI is InChI=1S/C24H20Cl2N2O2/c25-18-11-12-19(20(26)15-18)23(28-14-13-21(28)29)24(30)27-22(16-7-3-1-4-8-16)17-9-5-2-6-10-17/h1-12,15,22-23H,13-14H2,(H,27,30)/t23-/m0/s1. The average molecular weight is 439 g/mol. The molecule has 0 spiro atoms. The molecule has 0 bridgehead atoms. The molecule has 4 nitrogen and oxygen atoms in total. The van der Waals surface area contributed by atoms with Crippen LogP contribution in [0.25, 0.3) is 0 Å². The van der Waals surface area contributed by atoms with Gasteiger partial charge in [-0.05, 0) is 23.3 Å². The van der Waals surface area contributed by atoms with E-state index in [2.05, 4.69) is 5.32 Å². The number of rotatable bonds is 6. The molecule has 0 radical (unpaired) electrons. The summed E-state index contributed by atoms with van der Waals surface area (Å²) < 4.78 is 0. The second-order valence-electron chi connectivity index (χ2n) is 7.17. The summed E-state index contributed by atoms with van der Waals surface area (Å²) >= 11 is 12.4. The van der Waals surface area contributed by atoms with E-state index in [0.717, 1.165) is 11.1 Å². The summed E-state index contributed by atoms with van der Waals surface area (Å²) in [4.78, 5) is 27.3. The third-order valence-corrected chi connectivity index (χ3v) is 5.82. The van der Waals surface area contributed by atoms with Crippen LogP contribution in [0.3, 0.4) is 0 Å². The number of nitrogens with one attached hydrogen (secondary N) is 1. The van der Waals surface area contributed by atoms with Gasteiger partial charge in [0.15, 0.2) is 0 Å². The van der Waals surface area contributed by atoms with E-state index in [4.69, 9.17) is 23.2 Å². The molecule has 0 saturated carbocycles. The van der Waals surface area contributed by atoms with Gasteiger partial charge in [-0.15, -0.1) is 0 Å². The molecule has 1 N–H and O–H groups in total. The molecule has 6 heteroatoms. The third kappa shape index (κ3) is 4.20. The molecule has 3 aromatic rings. The number of carbonyl (C=O) groups excluding carboxylic acids is 2. The predicted molar refractivity (Wildman–Crippen MR) is 118 cm³/mol. The van der Waals surface area contributed by atoms with E-state index in [1.54, 1.807) is 23.1 Å². The first-order valence-electron chi connectivity index (χ1n) is 9.69. The van der Waals surface area contributed by atoms with Gasteiger partial charge in [-0.1, -0.05) is 89.9 Å². The zero-order valence-corrected chi connectivity index (χ0v) is 17.6.